The van der Waals surface area contributed by atoms with E-state index in [9.17, 15) is 9.90 Å². The number of fused-ring (bicyclic) bond motifs is 3. The van der Waals surface area contributed by atoms with Gasteiger partial charge in [-0.3, -0.25) is 9.20 Å². The number of benzene rings is 2. The molecule has 0 atom stereocenters. The maximum Gasteiger partial charge on any atom is 0.307 e. The summed E-state index contributed by atoms with van der Waals surface area (Å²) in [7, 11) is 0. The molecule has 2 aromatic heterocycles. The third-order valence-corrected chi connectivity index (χ3v) is 4.02. The highest BCUT2D eigenvalue weighted by atomic mass is 16.4. The van der Waals surface area contributed by atoms with Crippen molar-refractivity contribution in [3.8, 4) is 11.4 Å². The Morgan fingerprint density at radius 1 is 0.957 bits per heavy atom. The second kappa shape index (κ2) is 5.25. The Kier molecular flexibility index (Phi) is 3.08. The predicted octanol–water partition coefficient (Wildman–Crippen LogP) is 3.78. The average Bonchev–Trinajstić information content (AvgIpc) is 2.90. The Morgan fingerprint density at radius 2 is 1.70 bits per heavy atom. The van der Waals surface area contributed by atoms with Gasteiger partial charge in [-0.25, -0.2) is 4.98 Å². The smallest absolute Gasteiger partial charge is 0.307 e. The van der Waals surface area contributed by atoms with E-state index in [0.717, 1.165) is 33.4 Å². The zero-order valence-corrected chi connectivity index (χ0v) is 12.3. The van der Waals surface area contributed by atoms with Crippen LogP contribution in [-0.4, -0.2) is 20.5 Å². The van der Waals surface area contributed by atoms with E-state index in [1.165, 1.54) is 0 Å². The van der Waals surface area contributed by atoms with E-state index in [2.05, 4.69) is 4.98 Å². The topological polar surface area (TPSA) is 54.6 Å². The van der Waals surface area contributed by atoms with E-state index in [-0.39, 0.29) is 6.42 Å². The van der Waals surface area contributed by atoms with Crippen molar-refractivity contribution in [1.82, 2.24) is 9.38 Å². The summed E-state index contributed by atoms with van der Waals surface area (Å²) in [5.74, 6) is -0.0164. The molecule has 0 saturated carbocycles. The van der Waals surface area contributed by atoms with Gasteiger partial charge in [0.2, 0.25) is 0 Å². The van der Waals surface area contributed by atoms with Gasteiger partial charge in [0.1, 0.15) is 5.82 Å². The number of aromatic nitrogens is 2. The van der Waals surface area contributed by atoms with Gasteiger partial charge in [-0.05, 0) is 17.7 Å². The van der Waals surface area contributed by atoms with Gasteiger partial charge in [0.05, 0.1) is 17.5 Å². The molecule has 0 spiro atoms. The molecular weight excluding hydrogens is 288 g/mol. The number of hydrogen-bond acceptors (Lipinski definition) is 2. The molecule has 2 heterocycles. The molecule has 0 fully saturated rings. The van der Waals surface area contributed by atoms with E-state index in [4.69, 9.17) is 0 Å². The molecule has 0 unspecified atom stereocenters. The fourth-order valence-electron chi connectivity index (χ4n) is 3.09. The van der Waals surface area contributed by atoms with Crippen molar-refractivity contribution in [1.29, 1.82) is 0 Å². The molecule has 2 aromatic carbocycles. The largest absolute Gasteiger partial charge is 0.481 e. The van der Waals surface area contributed by atoms with E-state index >= 15 is 0 Å². The highest BCUT2D eigenvalue weighted by Gasteiger charge is 2.17. The first-order valence-electron chi connectivity index (χ1n) is 7.40. The Balaban J connectivity index is 2.14. The Labute approximate surface area is 132 Å². The van der Waals surface area contributed by atoms with Gasteiger partial charge in [-0.1, -0.05) is 48.5 Å². The van der Waals surface area contributed by atoms with Crippen LogP contribution < -0.4 is 0 Å². The van der Waals surface area contributed by atoms with Crippen molar-refractivity contribution in [2.45, 2.75) is 6.42 Å². The van der Waals surface area contributed by atoms with Crippen molar-refractivity contribution < 1.29 is 9.90 Å². The first-order chi connectivity index (χ1) is 11.3. The predicted molar refractivity (Wildman–Crippen MR) is 89.5 cm³/mol. The lowest BCUT2D eigenvalue weighted by atomic mass is 10.1. The molecule has 0 aliphatic rings. The van der Waals surface area contributed by atoms with Crippen LogP contribution in [0, 0.1) is 0 Å². The van der Waals surface area contributed by atoms with Crippen molar-refractivity contribution in [2.75, 3.05) is 0 Å². The normalized spacial score (nSPS) is 11.1. The molecule has 23 heavy (non-hydrogen) atoms. The van der Waals surface area contributed by atoms with E-state index in [0.29, 0.717) is 0 Å². The molecule has 1 N–H and O–H groups in total. The molecular formula is C19H14N2O2. The summed E-state index contributed by atoms with van der Waals surface area (Å²) in [5.41, 5.74) is 3.70. The van der Waals surface area contributed by atoms with Gasteiger partial charge in [-0.2, -0.15) is 0 Å². The Bertz CT molecular complexity index is 1020. The van der Waals surface area contributed by atoms with E-state index in [1.54, 1.807) is 6.20 Å². The van der Waals surface area contributed by atoms with Crippen LogP contribution in [0.2, 0.25) is 0 Å². The van der Waals surface area contributed by atoms with Crippen molar-refractivity contribution in [3.05, 3.63) is 72.4 Å². The summed E-state index contributed by atoms with van der Waals surface area (Å²) >= 11 is 0. The lowest BCUT2D eigenvalue weighted by Crippen LogP contribution is -2.00. The minimum atomic E-state index is -0.832. The van der Waals surface area contributed by atoms with E-state index < -0.39 is 5.97 Å². The number of carboxylic acid groups (broad SMARTS) is 1. The van der Waals surface area contributed by atoms with Crippen LogP contribution in [0.3, 0.4) is 0 Å². The number of carbonyl (C=O) groups is 1. The Morgan fingerprint density at radius 3 is 2.48 bits per heavy atom. The lowest BCUT2D eigenvalue weighted by molar-refractivity contribution is -0.136. The van der Waals surface area contributed by atoms with E-state index in [1.807, 2.05) is 65.1 Å². The van der Waals surface area contributed by atoms with Crippen LogP contribution in [0.15, 0.2) is 66.9 Å². The van der Waals surface area contributed by atoms with Gasteiger partial charge in [0, 0.05) is 17.1 Å². The number of nitrogens with zero attached hydrogens (tertiary/aromatic N) is 2. The molecule has 0 aliphatic carbocycles. The van der Waals surface area contributed by atoms with Crippen molar-refractivity contribution in [2.24, 2.45) is 0 Å². The summed E-state index contributed by atoms with van der Waals surface area (Å²) < 4.78 is 2.04. The summed E-state index contributed by atoms with van der Waals surface area (Å²) in [6, 6.07) is 19.7. The second-order valence-electron chi connectivity index (χ2n) is 5.42. The highest BCUT2D eigenvalue weighted by Crippen LogP contribution is 2.30. The number of carboxylic acids is 1. The minimum absolute atomic E-state index is 0.00471. The lowest BCUT2D eigenvalue weighted by Gasteiger charge is -2.06. The zero-order chi connectivity index (χ0) is 15.8. The van der Waals surface area contributed by atoms with Crippen LogP contribution >= 0.6 is 0 Å². The number of para-hydroxylation sites is 1. The first-order valence-corrected chi connectivity index (χ1v) is 7.40. The fourth-order valence-corrected chi connectivity index (χ4v) is 3.09. The summed E-state index contributed by atoms with van der Waals surface area (Å²) in [4.78, 5) is 15.8. The van der Waals surface area contributed by atoms with Crippen molar-refractivity contribution >= 4 is 22.4 Å². The van der Waals surface area contributed by atoms with Gasteiger partial charge in [-0.15, -0.1) is 0 Å². The molecule has 4 nitrogen and oxygen atoms in total. The minimum Gasteiger partial charge on any atom is -0.481 e. The third-order valence-electron chi connectivity index (χ3n) is 4.02. The highest BCUT2D eigenvalue weighted by molar-refractivity contribution is 5.96. The van der Waals surface area contributed by atoms with Crippen LogP contribution in [0.5, 0.6) is 0 Å². The molecule has 0 aliphatic heterocycles. The maximum absolute atomic E-state index is 11.3. The number of aliphatic carboxylic acids is 1. The fraction of sp³-hybridized carbons (Fsp3) is 0.0526. The van der Waals surface area contributed by atoms with Gasteiger partial charge < -0.3 is 5.11 Å². The molecule has 0 radical (unpaired) electrons. The van der Waals surface area contributed by atoms with Crippen LogP contribution in [0.25, 0.3) is 27.8 Å². The standard InChI is InChI=1S/C19H14N2O2/c22-18(23)12-15-14-8-4-5-9-16(14)21-17(15)10-11-20-19(21)13-6-2-1-3-7-13/h1-11H,12H2,(H,22,23). The molecule has 112 valence electrons. The molecule has 4 aromatic rings. The van der Waals surface area contributed by atoms with Gasteiger partial charge >= 0.3 is 5.97 Å². The SMILES string of the molecule is O=C(O)Cc1c2ccccc2n2c(-c3ccccc3)nccc12. The second-order valence-corrected chi connectivity index (χ2v) is 5.42. The third kappa shape index (κ3) is 2.16. The van der Waals surface area contributed by atoms with Crippen molar-refractivity contribution in [3.63, 3.8) is 0 Å². The van der Waals surface area contributed by atoms with Gasteiger partial charge in [0.25, 0.3) is 0 Å². The number of hydrogen-bond donors (Lipinski definition) is 1. The quantitative estimate of drug-likeness (QED) is 0.626. The zero-order valence-electron chi connectivity index (χ0n) is 12.3. The summed E-state index contributed by atoms with van der Waals surface area (Å²) in [6.45, 7) is 0. The number of rotatable bonds is 3. The first kappa shape index (κ1) is 13.5. The average molecular weight is 302 g/mol. The molecule has 0 amide bonds. The summed E-state index contributed by atoms with van der Waals surface area (Å²) in [5, 5.41) is 10.2. The van der Waals surface area contributed by atoms with Gasteiger partial charge in [0.15, 0.2) is 0 Å². The molecule has 4 rings (SSSR count). The summed E-state index contributed by atoms with van der Waals surface area (Å²) in [6.07, 6.45) is 1.73. The molecule has 0 bridgehead atoms. The maximum atomic E-state index is 11.3. The monoisotopic (exact) mass is 302 g/mol. The van der Waals surface area contributed by atoms with Crippen LogP contribution in [0.4, 0.5) is 0 Å². The Hall–Kier alpha value is -3.14. The van der Waals surface area contributed by atoms with Crippen LogP contribution in [-0.2, 0) is 11.2 Å². The molecule has 4 heteroatoms. The molecule has 0 saturated heterocycles. The van der Waals surface area contributed by atoms with Crippen LogP contribution in [0.1, 0.15) is 5.56 Å².